The molecule has 0 spiro atoms. The first-order valence-corrected chi connectivity index (χ1v) is 4.63. The van der Waals surface area contributed by atoms with E-state index in [-0.39, 0.29) is 18.4 Å². The van der Waals surface area contributed by atoms with Gasteiger partial charge in [0.2, 0.25) is 11.8 Å². The highest BCUT2D eigenvalue weighted by Gasteiger charge is 2.15. The van der Waals surface area contributed by atoms with Crippen LogP contribution in [0.3, 0.4) is 0 Å². The number of nitrogens with zero attached hydrogens (tertiary/aromatic N) is 2. The second kappa shape index (κ2) is 7.00. The van der Waals surface area contributed by atoms with E-state index in [0.717, 1.165) is 0 Å². The van der Waals surface area contributed by atoms with Crippen LogP contribution in [0.5, 0.6) is 0 Å². The van der Waals surface area contributed by atoms with E-state index in [2.05, 4.69) is 6.58 Å². The summed E-state index contributed by atoms with van der Waals surface area (Å²) in [5.74, 6) is -0.386. The van der Waals surface area contributed by atoms with E-state index in [1.54, 1.807) is 21.2 Å². The molecule has 0 atom stereocenters. The SMILES string of the molecule is C=CC(=O)N(CCOC)CC(=O)N(C)C. The van der Waals surface area contributed by atoms with Gasteiger partial charge in [-0.05, 0) is 6.08 Å². The molecule has 0 bridgehead atoms. The number of hydrogen-bond acceptors (Lipinski definition) is 3. The molecule has 0 N–H and O–H groups in total. The van der Waals surface area contributed by atoms with Crippen LogP contribution < -0.4 is 0 Å². The fourth-order valence-electron chi connectivity index (χ4n) is 0.902. The maximum atomic E-state index is 11.4. The van der Waals surface area contributed by atoms with Gasteiger partial charge < -0.3 is 14.5 Å². The van der Waals surface area contributed by atoms with Crippen molar-refractivity contribution in [3.63, 3.8) is 0 Å². The van der Waals surface area contributed by atoms with E-state index in [9.17, 15) is 9.59 Å². The van der Waals surface area contributed by atoms with Gasteiger partial charge in [0.1, 0.15) is 6.54 Å². The molecule has 0 fully saturated rings. The molecule has 0 aromatic carbocycles. The molecule has 0 heterocycles. The van der Waals surface area contributed by atoms with E-state index >= 15 is 0 Å². The van der Waals surface area contributed by atoms with Crippen molar-refractivity contribution >= 4 is 11.8 Å². The Morgan fingerprint density at radius 2 is 2.00 bits per heavy atom. The van der Waals surface area contributed by atoms with Crippen molar-refractivity contribution in [2.24, 2.45) is 0 Å². The summed E-state index contributed by atoms with van der Waals surface area (Å²) in [6, 6.07) is 0. The van der Waals surface area contributed by atoms with Crippen molar-refractivity contribution in [3.05, 3.63) is 12.7 Å². The van der Waals surface area contributed by atoms with Gasteiger partial charge in [-0.1, -0.05) is 6.58 Å². The van der Waals surface area contributed by atoms with E-state index in [1.165, 1.54) is 15.9 Å². The fourth-order valence-corrected chi connectivity index (χ4v) is 0.902. The van der Waals surface area contributed by atoms with Crippen LogP contribution in [0.1, 0.15) is 0 Å². The Kier molecular flexibility index (Phi) is 6.37. The zero-order valence-corrected chi connectivity index (χ0v) is 9.52. The number of methoxy groups -OCH3 is 1. The molecular weight excluding hydrogens is 196 g/mol. The van der Waals surface area contributed by atoms with Crippen molar-refractivity contribution < 1.29 is 14.3 Å². The van der Waals surface area contributed by atoms with Gasteiger partial charge in [-0.3, -0.25) is 9.59 Å². The highest BCUT2D eigenvalue weighted by atomic mass is 16.5. The second-order valence-corrected chi connectivity index (χ2v) is 3.24. The minimum absolute atomic E-state index is 0.0568. The van der Waals surface area contributed by atoms with Crippen LogP contribution in [0.25, 0.3) is 0 Å². The normalized spacial score (nSPS) is 9.53. The molecule has 0 radical (unpaired) electrons. The summed E-state index contributed by atoms with van der Waals surface area (Å²) in [6.45, 7) is 4.23. The third-order valence-corrected chi connectivity index (χ3v) is 1.88. The average molecular weight is 214 g/mol. The molecule has 0 saturated heterocycles. The Bertz CT molecular complexity index is 239. The summed E-state index contributed by atoms with van der Waals surface area (Å²) in [5.41, 5.74) is 0. The van der Waals surface area contributed by atoms with Gasteiger partial charge >= 0.3 is 0 Å². The summed E-state index contributed by atoms with van der Waals surface area (Å²) >= 11 is 0. The highest BCUT2D eigenvalue weighted by Crippen LogP contribution is 1.93. The fraction of sp³-hybridized carbons (Fsp3) is 0.600. The molecular formula is C10H18N2O3. The lowest BCUT2D eigenvalue weighted by atomic mass is 10.4. The Hall–Kier alpha value is -1.36. The van der Waals surface area contributed by atoms with Crippen molar-refractivity contribution in [2.75, 3.05) is 40.9 Å². The van der Waals surface area contributed by atoms with E-state index in [1.807, 2.05) is 0 Å². The molecule has 0 aliphatic heterocycles. The van der Waals surface area contributed by atoms with Gasteiger partial charge in [0, 0.05) is 27.7 Å². The maximum Gasteiger partial charge on any atom is 0.246 e. The molecule has 0 aliphatic carbocycles. The molecule has 0 unspecified atom stereocenters. The van der Waals surface area contributed by atoms with E-state index < -0.39 is 0 Å². The first kappa shape index (κ1) is 13.6. The third-order valence-electron chi connectivity index (χ3n) is 1.88. The topological polar surface area (TPSA) is 49.9 Å². The van der Waals surface area contributed by atoms with Crippen molar-refractivity contribution in [1.82, 2.24) is 9.80 Å². The van der Waals surface area contributed by atoms with Gasteiger partial charge in [0.05, 0.1) is 6.61 Å². The van der Waals surface area contributed by atoms with Crippen molar-refractivity contribution in [3.8, 4) is 0 Å². The Morgan fingerprint density at radius 3 is 2.40 bits per heavy atom. The van der Waals surface area contributed by atoms with E-state index in [4.69, 9.17) is 4.74 Å². The number of carbonyl (C=O) groups is 2. The predicted octanol–water partition coefficient (Wildman–Crippen LogP) is -0.264. The number of hydrogen-bond donors (Lipinski definition) is 0. The number of ether oxygens (including phenoxy) is 1. The summed E-state index contributed by atoms with van der Waals surface area (Å²) in [5, 5.41) is 0. The van der Waals surface area contributed by atoms with Crippen LogP contribution in [-0.4, -0.2) is 62.5 Å². The van der Waals surface area contributed by atoms with Crippen LogP contribution in [0, 0.1) is 0 Å². The zero-order valence-electron chi connectivity index (χ0n) is 9.52. The van der Waals surface area contributed by atoms with E-state index in [0.29, 0.717) is 13.2 Å². The monoisotopic (exact) mass is 214 g/mol. The molecule has 86 valence electrons. The summed E-state index contributed by atoms with van der Waals surface area (Å²) in [6.07, 6.45) is 1.19. The lowest BCUT2D eigenvalue weighted by molar-refractivity contribution is -0.136. The highest BCUT2D eigenvalue weighted by molar-refractivity contribution is 5.90. The molecule has 0 aliphatic rings. The minimum Gasteiger partial charge on any atom is -0.383 e. The molecule has 5 nitrogen and oxygen atoms in total. The van der Waals surface area contributed by atoms with Gasteiger partial charge in [0.15, 0.2) is 0 Å². The molecule has 15 heavy (non-hydrogen) atoms. The Morgan fingerprint density at radius 1 is 1.40 bits per heavy atom. The molecule has 0 aromatic heterocycles. The van der Waals surface area contributed by atoms with Crippen LogP contribution in [0.2, 0.25) is 0 Å². The van der Waals surface area contributed by atoms with Crippen LogP contribution in [-0.2, 0) is 14.3 Å². The van der Waals surface area contributed by atoms with Crippen LogP contribution >= 0.6 is 0 Å². The molecule has 5 heteroatoms. The standard InChI is InChI=1S/C10H18N2O3/c1-5-9(13)12(6-7-15-4)8-10(14)11(2)3/h5H,1,6-8H2,2-4H3. The summed E-state index contributed by atoms with van der Waals surface area (Å²) in [4.78, 5) is 25.6. The summed E-state index contributed by atoms with van der Waals surface area (Å²) in [7, 11) is 4.84. The number of carbonyl (C=O) groups excluding carboxylic acids is 2. The largest absolute Gasteiger partial charge is 0.383 e. The van der Waals surface area contributed by atoms with Crippen LogP contribution in [0.4, 0.5) is 0 Å². The minimum atomic E-state index is -0.262. The van der Waals surface area contributed by atoms with Crippen molar-refractivity contribution in [2.45, 2.75) is 0 Å². The lowest BCUT2D eigenvalue weighted by Crippen LogP contribution is -2.41. The van der Waals surface area contributed by atoms with Gasteiger partial charge in [-0.15, -0.1) is 0 Å². The zero-order chi connectivity index (χ0) is 11.8. The molecule has 0 saturated carbocycles. The molecule has 2 amide bonds. The average Bonchev–Trinajstić information content (AvgIpc) is 2.22. The smallest absolute Gasteiger partial charge is 0.246 e. The van der Waals surface area contributed by atoms with Gasteiger partial charge in [0.25, 0.3) is 0 Å². The second-order valence-electron chi connectivity index (χ2n) is 3.24. The number of amides is 2. The quantitative estimate of drug-likeness (QED) is 0.572. The van der Waals surface area contributed by atoms with Crippen molar-refractivity contribution in [1.29, 1.82) is 0 Å². The Balaban J connectivity index is 4.30. The molecule has 0 rings (SSSR count). The third kappa shape index (κ3) is 5.17. The van der Waals surface area contributed by atoms with Crippen LogP contribution in [0.15, 0.2) is 12.7 Å². The number of rotatable bonds is 6. The van der Waals surface area contributed by atoms with Gasteiger partial charge in [-0.2, -0.15) is 0 Å². The summed E-state index contributed by atoms with van der Waals surface area (Å²) < 4.78 is 4.86. The van der Waals surface area contributed by atoms with Gasteiger partial charge in [-0.25, -0.2) is 0 Å². The first-order chi connectivity index (χ1) is 7.02. The predicted molar refractivity (Wildman–Crippen MR) is 57.3 cm³/mol. The first-order valence-electron chi connectivity index (χ1n) is 4.63. The Labute approximate surface area is 90.3 Å². The molecule has 0 aromatic rings. The maximum absolute atomic E-state index is 11.4. The lowest BCUT2D eigenvalue weighted by Gasteiger charge is -2.22. The number of likely N-dealkylation sites (N-methyl/N-ethyl adjacent to an activating group) is 1.